The molecule has 0 N–H and O–H groups in total. The average Bonchev–Trinajstić information content (AvgIpc) is 2.59. The Morgan fingerprint density at radius 2 is 2.25 bits per heavy atom. The molecule has 1 amide bonds. The molecule has 2 aliphatic heterocycles. The van der Waals surface area contributed by atoms with Crippen LogP contribution >= 0.6 is 11.8 Å². The second-order valence-electron chi connectivity index (χ2n) is 5.12. The van der Waals surface area contributed by atoms with Gasteiger partial charge in [0.25, 0.3) is 0 Å². The van der Waals surface area contributed by atoms with E-state index in [1.807, 2.05) is 37.4 Å². The van der Waals surface area contributed by atoms with Crippen molar-refractivity contribution in [3.63, 3.8) is 0 Å². The smallest absolute Gasteiger partial charge is 0.225 e. The van der Waals surface area contributed by atoms with Crippen molar-refractivity contribution < 1.29 is 9.53 Å². The molecule has 16 heavy (non-hydrogen) atoms. The number of hydrogen-bond donors (Lipinski definition) is 0. The monoisotopic (exact) mass is 243 g/mol. The van der Waals surface area contributed by atoms with Gasteiger partial charge in [0.15, 0.2) is 0 Å². The first-order chi connectivity index (χ1) is 7.56. The van der Waals surface area contributed by atoms with Crippen molar-refractivity contribution in [2.24, 2.45) is 5.92 Å². The van der Waals surface area contributed by atoms with Crippen LogP contribution in [-0.4, -0.2) is 47.1 Å². The van der Waals surface area contributed by atoms with Crippen LogP contribution in [0.2, 0.25) is 0 Å². The molecular formula is C12H21NO2S. The first-order valence-electron chi connectivity index (χ1n) is 6.11. The first kappa shape index (κ1) is 12.2. The van der Waals surface area contributed by atoms with Crippen molar-refractivity contribution in [1.82, 2.24) is 4.90 Å². The zero-order valence-electron chi connectivity index (χ0n) is 10.4. The summed E-state index contributed by atoms with van der Waals surface area (Å²) in [4.78, 5) is 13.7. The van der Waals surface area contributed by atoms with Gasteiger partial charge in [0, 0.05) is 31.4 Å². The van der Waals surface area contributed by atoms with Crippen LogP contribution in [0.25, 0.3) is 0 Å². The Balaban J connectivity index is 1.81. The van der Waals surface area contributed by atoms with Gasteiger partial charge in [0.2, 0.25) is 5.91 Å². The summed E-state index contributed by atoms with van der Waals surface area (Å²) < 4.78 is 5.98. The molecular weight excluding hydrogens is 222 g/mol. The summed E-state index contributed by atoms with van der Waals surface area (Å²) in [6.07, 6.45) is 1.53. The predicted octanol–water partition coefficient (Wildman–Crippen LogP) is 1.77. The minimum Gasteiger partial charge on any atom is -0.378 e. The topological polar surface area (TPSA) is 29.5 Å². The lowest BCUT2D eigenvalue weighted by Crippen LogP contribution is -2.61. The molecule has 1 atom stereocenters. The standard InChI is InChI=1S/C12H21NO2S/c1-4-15-10-5-12(16-6-10)7-13(8-12)11(14)9(2)3/h9-10H,4-8H2,1-3H3/t10-/m0/s1. The van der Waals surface area contributed by atoms with Gasteiger partial charge in [-0.2, -0.15) is 0 Å². The third-order valence-electron chi connectivity index (χ3n) is 3.34. The van der Waals surface area contributed by atoms with Gasteiger partial charge in [-0.3, -0.25) is 4.79 Å². The van der Waals surface area contributed by atoms with Gasteiger partial charge in [0.1, 0.15) is 0 Å². The highest BCUT2D eigenvalue weighted by Gasteiger charge is 2.50. The number of amides is 1. The van der Waals surface area contributed by atoms with Crippen molar-refractivity contribution in [1.29, 1.82) is 0 Å². The van der Waals surface area contributed by atoms with E-state index >= 15 is 0 Å². The second kappa shape index (κ2) is 4.57. The summed E-state index contributed by atoms with van der Waals surface area (Å²) >= 11 is 1.99. The van der Waals surface area contributed by atoms with E-state index in [4.69, 9.17) is 4.74 Å². The minimum absolute atomic E-state index is 0.131. The molecule has 0 saturated carbocycles. The molecule has 92 valence electrons. The van der Waals surface area contributed by atoms with Gasteiger partial charge in [-0.1, -0.05) is 13.8 Å². The zero-order valence-corrected chi connectivity index (χ0v) is 11.2. The van der Waals surface area contributed by atoms with Crippen LogP contribution in [0.4, 0.5) is 0 Å². The van der Waals surface area contributed by atoms with Crippen LogP contribution in [0.15, 0.2) is 0 Å². The molecule has 2 rings (SSSR count). The highest BCUT2D eigenvalue weighted by atomic mass is 32.2. The molecule has 0 aromatic heterocycles. The normalized spacial score (nSPS) is 27.5. The molecule has 0 aliphatic carbocycles. The molecule has 0 radical (unpaired) electrons. The molecule has 4 heteroatoms. The zero-order chi connectivity index (χ0) is 11.8. The van der Waals surface area contributed by atoms with Crippen molar-refractivity contribution in [2.75, 3.05) is 25.4 Å². The third-order valence-corrected chi connectivity index (χ3v) is 4.92. The van der Waals surface area contributed by atoms with Gasteiger partial charge in [-0.15, -0.1) is 11.8 Å². The Hall–Kier alpha value is -0.220. The maximum absolute atomic E-state index is 11.8. The van der Waals surface area contributed by atoms with Gasteiger partial charge in [0.05, 0.1) is 10.9 Å². The second-order valence-corrected chi connectivity index (χ2v) is 6.61. The summed E-state index contributed by atoms with van der Waals surface area (Å²) in [6, 6.07) is 0. The number of hydrogen-bond acceptors (Lipinski definition) is 3. The van der Waals surface area contributed by atoms with Gasteiger partial charge >= 0.3 is 0 Å². The maximum Gasteiger partial charge on any atom is 0.225 e. The number of carbonyl (C=O) groups is 1. The van der Waals surface area contributed by atoms with Crippen LogP contribution in [0.1, 0.15) is 27.2 Å². The number of nitrogens with zero attached hydrogens (tertiary/aromatic N) is 1. The summed E-state index contributed by atoms with van der Waals surface area (Å²) in [6.45, 7) is 8.65. The van der Waals surface area contributed by atoms with E-state index in [9.17, 15) is 4.79 Å². The van der Waals surface area contributed by atoms with Crippen LogP contribution in [0, 0.1) is 5.92 Å². The molecule has 0 unspecified atom stereocenters. The third kappa shape index (κ3) is 2.23. The van der Waals surface area contributed by atoms with Crippen molar-refractivity contribution in [3.8, 4) is 0 Å². The average molecular weight is 243 g/mol. The summed E-state index contributed by atoms with van der Waals surface area (Å²) in [5, 5.41) is 0. The Bertz CT molecular complexity index is 274. The fraction of sp³-hybridized carbons (Fsp3) is 0.917. The fourth-order valence-corrected chi connectivity index (χ4v) is 4.09. The Kier molecular flexibility index (Phi) is 3.50. The summed E-state index contributed by atoms with van der Waals surface area (Å²) in [5.74, 6) is 1.52. The highest BCUT2D eigenvalue weighted by Crippen LogP contribution is 2.46. The number of likely N-dealkylation sites (tertiary alicyclic amines) is 1. The first-order valence-corrected chi connectivity index (χ1v) is 7.09. The predicted molar refractivity (Wildman–Crippen MR) is 66.6 cm³/mol. The van der Waals surface area contributed by atoms with E-state index in [0.29, 0.717) is 16.8 Å². The molecule has 2 fully saturated rings. The molecule has 2 heterocycles. The van der Waals surface area contributed by atoms with Crippen molar-refractivity contribution in [2.45, 2.75) is 38.0 Å². The number of rotatable bonds is 3. The van der Waals surface area contributed by atoms with E-state index in [-0.39, 0.29) is 5.92 Å². The molecule has 2 aliphatic rings. The van der Waals surface area contributed by atoms with E-state index < -0.39 is 0 Å². The van der Waals surface area contributed by atoms with Crippen LogP contribution in [-0.2, 0) is 9.53 Å². The number of thioether (sulfide) groups is 1. The van der Waals surface area contributed by atoms with Crippen molar-refractivity contribution in [3.05, 3.63) is 0 Å². The van der Waals surface area contributed by atoms with Crippen LogP contribution in [0.5, 0.6) is 0 Å². The molecule has 0 bridgehead atoms. The lowest BCUT2D eigenvalue weighted by Gasteiger charge is -2.48. The lowest BCUT2D eigenvalue weighted by molar-refractivity contribution is -0.140. The van der Waals surface area contributed by atoms with E-state index in [1.165, 1.54) is 0 Å². The number of carbonyl (C=O) groups excluding carboxylic acids is 1. The Labute approximate surface area is 102 Å². The fourth-order valence-electron chi connectivity index (χ4n) is 2.54. The van der Waals surface area contributed by atoms with E-state index in [0.717, 1.165) is 31.9 Å². The number of ether oxygens (including phenoxy) is 1. The SMILES string of the molecule is CCO[C@@H]1CSC2(C1)CN(C(=O)C(C)C)C2. The molecule has 1 spiro atoms. The quantitative estimate of drug-likeness (QED) is 0.756. The highest BCUT2D eigenvalue weighted by molar-refractivity contribution is 8.01. The minimum atomic E-state index is 0.131. The molecule has 2 saturated heterocycles. The summed E-state index contributed by atoms with van der Waals surface area (Å²) in [5.41, 5.74) is 0. The largest absolute Gasteiger partial charge is 0.378 e. The maximum atomic E-state index is 11.8. The molecule has 3 nitrogen and oxygen atoms in total. The van der Waals surface area contributed by atoms with Crippen molar-refractivity contribution >= 4 is 17.7 Å². The molecule has 0 aromatic rings. The van der Waals surface area contributed by atoms with Crippen LogP contribution in [0.3, 0.4) is 0 Å². The van der Waals surface area contributed by atoms with E-state index in [1.54, 1.807) is 0 Å². The van der Waals surface area contributed by atoms with Gasteiger partial charge in [-0.25, -0.2) is 0 Å². The van der Waals surface area contributed by atoms with Gasteiger partial charge < -0.3 is 9.64 Å². The van der Waals surface area contributed by atoms with Crippen LogP contribution < -0.4 is 0 Å². The Morgan fingerprint density at radius 1 is 1.56 bits per heavy atom. The van der Waals surface area contributed by atoms with Gasteiger partial charge in [-0.05, 0) is 13.3 Å². The Morgan fingerprint density at radius 3 is 2.81 bits per heavy atom. The molecule has 0 aromatic carbocycles. The lowest BCUT2D eigenvalue weighted by atomic mass is 9.92. The van der Waals surface area contributed by atoms with E-state index in [2.05, 4.69) is 0 Å². The summed E-state index contributed by atoms with van der Waals surface area (Å²) in [7, 11) is 0.